The molecule has 28 heavy (non-hydrogen) atoms. The summed E-state index contributed by atoms with van der Waals surface area (Å²) in [4.78, 5) is 0. The Morgan fingerprint density at radius 3 is 1.18 bits per heavy atom. The van der Waals surface area contributed by atoms with E-state index in [1.165, 1.54) is 23.4 Å². The zero-order valence-electron chi connectivity index (χ0n) is 15.6. The van der Waals surface area contributed by atoms with Gasteiger partial charge in [0.05, 0.1) is 0 Å². The van der Waals surface area contributed by atoms with Gasteiger partial charge < -0.3 is 0 Å². The molecule has 4 aromatic rings. The molecule has 0 fully saturated rings. The summed E-state index contributed by atoms with van der Waals surface area (Å²) >= 11 is -1.70. The molecular formula is C26H22AsP. The molecule has 0 nitrogen and oxygen atoms in total. The topological polar surface area (TPSA) is 0 Å². The molecule has 0 aliphatic carbocycles. The van der Waals surface area contributed by atoms with Crippen molar-refractivity contribution < 1.29 is 0 Å². The van der Waals surface area contributed by atoms with Crippen LogP contribution in [0, 0.1) is 0 Å². The molecule has 4 rings (SSSR count). The molecule has 0 radical (unpaired) electrons. The van der Waals surface area contributed by atoms with Gasteiger partial charge in [0.15, 0.2) is 0 Å². The zero-order chi connectivity index (χ0) is 19.2. The van der Waals surface area contributed by atoms with Gasteiger partial charge in [0, 0.05) is 0 Å². The molecular weight excluding hydrogens is 418 g/mol. The number of hydrogen-bond donors (Lipinski definition) is 0. The van der Waals surface area contributed by atoms with Crippen molar-refractivity contribution in [1.29, 1.82) is 0 Å². The molecule has 0 atom stereocenters. The van der Waals surface area contributed by atoms with Crippen LogP contribution in [-0.2, 0) is 0 Å². The Balaban J connectivity index is 1.85. The summed E-state index contributed by atoms with van der Waals surface area (Å²) in [6.07, 6.45) is 0. The van der Waals surface area contributed by atoms with Gasteiger partial charge in [-0.15, -0.1) is 0 Å². The summed E-state index contributed by atoms with van der Waals surface area (Å²) in [5.74, 6) is 0. The predicted molar refractivity (Wildman–Crippen MR) is 126 cm³/mol. The van der Waals surface area contributed by atoms with E-state index < -0.39 is 22.6 Å². The van der Waals surface area contributed by atoms with Gasteiger partial charge in [0.1, 0.15) is 0 Å². The summed E-state index contributed by atoms with van der Waals surface area (Å²) in [7, 11) is -0.628. The molecule has 0 bridgehead atoms. The maximum absolute atomic E-state index is 4.75. The van der Waals surface area contributed by atoms with Crippen LogP contribution >= 0.6 is 7.92 Å². The van der Waals surface area contributed by atoms with Crippen molar-refractivity contribution in [2.45, 2.75) is 0 Å². The second-order valence-electron chi connectivity index (χ2n) is 6.43. The van der Waals surface area contributed by atoms with E-state index in [1.807, 2.05) is 0 Å². The first-order valence-corrected chi connectivity index (χ1v) is 13.5. The van der Waals surface area contributed by atoms with Crippen molar-refractivity contribution in [2.75, 3.05) is 0 Å². The second kappa shape index (κ2) is 9.20. The third-order valence-corrected chi connectivity index (χ3v) is 13.5. The van der Waals surface area contributed by atoms with Crippen LogP contribution < -0.4 is 19.3 Å². The minimum absolute atomic E-state index is 0.628. The molecule has 0 unspecified atom stereocenters. The first-order chi connectivity index (χ1) is 13.8. The molecule has 0 N–H and O–H groups in total. The number of hydrogen-bond acceptors (Lipinski definition) is 0. The van der Waals surface area contributed by atoms with E-state index in [0.29, 0.717) is 0 Å². The van der Waals surface area contributed by atoms with Gasteiger partial charge in [0.2, 0.25) is 0 Å². The minimum atomic E-state index is -1.70. The third-order valence-electron chi connectivity index (χ3n) is 4.57. The Morgan fingerprint density at radius 2 is 0.821 bits per heavy atom. The molecule has 0 aromatic heterocycles. The summed E-state index contributed by atoms with van der Waals surface area (Å²) < 4.78 is 4.27. The second-order valence-corrected chi connectivity index (χ2v) is 14.1. The SMILES string of the molecule is C=C(P(c1ccccc1)c1ccccc1)[As](c1ccccc1)c1ccccc1. The maximum atomic E-state index is 4.75. The van der Waals surface area contributed by atoms with Gasteiger partial charge in [-0.05, 0) is 0 Å². The van der Waals surface area contributed by atoms with Crippen LogP contribution in [0.25, 0.3) is 0 Å². The average Bonchev–Trinajstić information content (AvgIpc) is 2.77. The molecule has 0 spiro atoms. The molecule has 0 amide bonds. The Morgan fingerprint density at radius 1 is 0.500 bits per heavy atom. The van der Waals surface area contributed by atoms with Gasteiger partial charge >= 0.3 is 174 Å². The van der Waals surface area contributed by atoms with E-state index in [-0.39, 0.29) is 0 Å². The van der Waals surface area contributed by atoms with E-state index in [4.69, 9.17) is 6.58 Å². The molecule has 2 heteroatoms. The van der Waals surface area contributed by atoms with E-state index in [0.717, 1.165) is 0 Å². The van der Waals surface area contributed by atoms with Crippen LogP contribution in [0.2, 0.25) is 0 Å². The van der Waals surface area contributed by atoms with Gasteiger partial charge in [-0.1, -0.05) is 0 Å². The standard InChI is InChI=1S/C26H22AsP/c1-22(27(23-14-6-2-7-15-23)24-16-8-3-9-17-24)28(25-18-10-4-11-19-25)26-20-12-5-13-21-26/h2-21H,1H2. The molecule has 0 saturated carbocycles. The summed E-state index contributed by atoms with van der Waals surface area (Å²) in [5, 5.41) is 2.75. The monoisotopic (exact) mass is 440 g/mol. The molecule has 0 aliphatic rings. The van der Waals surface area contributed by atoms with Crippen molar-refractivity contribution in [3.8, 4) is 0 Å². The number of benzene rings is 4. The molecule has 0 saturated heterocycles. The fraction of sp³-hybridized carbons (Fsp3) is 0. The Bertz CT molecular complexity index is 851. The van der Waals surface area contributed by atoms with E-state index in [9.17, 15) is 0 Å². The summed E-state index contributed by atoms with van der Waals surface area (Å²) in [5.41, 5.74) is 0. The predicted octanol–water partition coefficient (Wildman–Crippen LogP) is 4.48. The zero-order valence-corrected chi connectivity index (χ0v) is 18.4. The summed E-state index contributed by atoms with van der Waals surface area (Å²) in [6.45, 7) is 4.75. The van der Waals surface area contributed by atoms with Crippen molar-refractivity contribution in [1.82, 2.24) is 0 Å². The molecule has 136 valence electrons. The average molecular weight is 440 g/mol. The fourth-order valence-electron chi connectivity index (χ4n) is 3.30. The number of rotatable bonds is 6. The van der Waals surface area contributed by atoms with Crippen molar-refractivity contribution in [2.24, 2.45) is 0 Å². The normalized spacial score (nSPS) is 10.9. The van der Waals surface area contributed by atoms with Crippen molar-refractivity contribution in [3.05, 3.63) is 132 Å². The quantitative estimate of drug-likeness (QED) is 0.306. The molecule has 0 heterocycles. The van der Waals surface area contributed by atoms with Crippen LogP contribution in [0.4, 0.5) is 0 Å². The molecule has 0 aliphatic heterocycles. The van der Waals surface area contributed by atoms with Gasteiger partial charge in [-0.3, -0.25) is 0 Å². The first kappa shape index (κ1) is 18.9. The molecule has 4 aromatic carbocycles. The first-order valence-electron chi connectivity index (χ1n) is 9.34. The van der Waals surface area contributed by atoms with Crippen LogP contribution in [0.5, 0.6) is 0 Å². The fourth-order valence-corrected chi connectivity index (χ4v) is 13.1. The van der Waals surface area contributed by atoms with Gasteiger partial charge in [-0.25, -0.2) is 0 Å². The van der Waals surface area contributed by atoms with Gasteiger partial charge in [-0.2, -0.15) is 0 Å². The Hall–Kier alpha value is -2.39. The van der Waals surface area contributed by atoms with Crippen LogP contribution in [0.3, 0.4) is 0 Å². The van der Waals surface area contributed by atoms with E-state index in [2.05, 4.69) is 121 Å². The summed E-state index contributed by atoms with van der Waals surface area (Å²) in [6, 6.07) is 43.7. The third kappa shape index (κ3) is 4.20. The Kier molecular flexibility index (Phi) is 6.23. The van der Waals surface area contributed by atoms with Crippen LogP contribution in [0.1, 0.15) is 0 Å². The van der Waals surface area contributed by atoms with Gasteiger partial charge in [0.25, 0.3) is 0 Å². The van der Waals surface area contributed by atoms with Crippen molar-refractivity contribution in [3.63, 3.8) is 0 Å². The van der Waals surface area contributed by atoms with Crippen LogP contribution in [0.15, 0.2) is 132 Å². The van der Waals surface area contributed by atoms with E-state index in [1.54, 1.807) is 0 Å². The van der Waals surface area contributed by atoms with Crippen LogP contribution in [-0.4, -0.2) is 14.7 Å². The Labute approximate surface area is 173 Å². The van der Waals surface area contributed by atoms with Crippen molar-refractivity contribution >= 4 is 41.9 Å². The van der Waals surface area contributed by atoms with E-state index >= 15 is 0 Å².